The van der Waals surface area contributed by atoms with Crippen LogP contribution in [0.2, 0.25) is 0 Å². The second-order valence-electron chi connectivity index (χ2n) is 7.66. The molecule has 0 atom stereocenters. The number of hydrogen-bond acceptors (Lipinski definition) is 2. The molecular formula is C17H27N3. The van der Waals surface area contributed by atoms with Crippen LogP contribution in [0.3, 0.4) is 0 Å². The van der Waals surface area contributed by atoms with Crippen LogP contribution in [-0.4, -0.2) is 34.3 Å². The molecule has 3 nitrogen and oxygen atoms in total. The lowest BCUT2D eigenvalue weighted by molar-refractivity contribution is -0.0407. The highest BCUT2D eigenvalue weighted by atomic mass is 15.3. The van der Waals surface area contributed by atoms with Crippen LogP contribution >= 0.6 is 0 Å². The van der Waals surface area contributed by atoms with Gasteiger partial charge in [-0.25, -0.2) is 0 Å². The van der Waals surface area contributed by atoms with Crippen molar-refractivity contribution in [1.29, 1.82) is 0 Å². The van der Waals surface area contributed by atoms with Crippen LogP contribution in [-0.2, 0) is 0 Å². The molecule has 3 fully saturated rings. The monoisotopic (exact) mass is 273 g/mol. The molecule has 0 N–H and O–H groups in total. The maximum absolute atomic E-state index is 4.49. The largest absolute Gasteiger partial charge is 0.303 e. The van der Waals surface area contributed by atoms with E-state index in [0.717, 1.165) is 11.3 Å². The van der Waals surface area contributed by atoms with Gasteiger partial charge in [0.05, 0.1) is 12.2 Å². The first-order valence-electron chi connectivity index (χ1n) is 8.46. The van der Waals surface area contributed by atoms with Crippen LogP contribution in [0, 0.1) is 18.3 Å². The fourth-order valence-electron chi connectivity index (χ4n) is 4.74. The number of aryl methyl sites for hydroxylation is 1. The minimum atomic E-state index is 0.638. The first-order chi connectivity index (χ1) is 9.72. The van der Waals surface area contributed by atoms with Crippen molar-refractivity contribution in [1.82, 2.24) is 14.7 Å². The van der Waals surface area contributed by atoms with Crippen LogP contribution in [0.15, 0.2) is 12.4 Å². The molecule has 2 saturated carbocycles. The standard InChI is InChI=1S/C17H27N3/c1-14-11-18-20(12-14)16-3-7-19(8-4-16)13-15-9-17(10-15)5-2-6-17/h11-12,15-16H,2-10,13H2,1H3. The molecule has 2 aliphatic carbocycles. The second kappa shape index (κ2) is 4.87. The second-order valence-corrected chi connectivity index (χ2v) is 7.66. The summed E-state index contributed by atoms with van der Waals surface area (Å²) in [6, 6.07) is 0.638. The lowest BCUT2D eigenvalue weighted by Crippen LogP contribution is -2.48. The van der Waals surface area contributed by atoms with Crippen LogP contribution in [0.25, 0.3) is 0 Å². The van der Waals surface area contributed by atoms with E-state index >= 15 is 0 Å². The number of piperidine rings is 1. The molecule has 4 rings (SSSR count). The fourth-order valence-corrected chi connectivity index (χ4v) is 4.74. The van der Waals surface area contributed by atoms with Gasteiger partial charge in [-0.15, -0.1) is 0 Å². The zero-order chi connectivity index (χ0) is 13.6. The van der Waals surface area contributed by atoms with E-state index in [1.165, 1.54) is 70.1 Å². The molecule has 0 amide bonds. The molecule has 1 spiro atoms. The van der Waals surface area contributed by atoms with Gasteiger partial charge in [0.25, 0.3) is 0 Å². The Kier molecular flexibility index (Phi) is 3.13. The summed E-state index contributed by atoms with van der Waals surface area (Å²) in [5.74, 6) is 1.01. The quantitative estimate of drug-likeness (QED) is 0.841. The Hall–Kier alpha value is -0.830. The van der Waals surface area contributed by atoms with Crippen molar-refractivity contribution in [3.05, 3.63) is 18.0 Å². The summed E-state index contributed by atoms with van der Waals surface area (Å²) in [6.45, 7) is 6.04. The number of nitrogens with zero attached hydrogens (tertiary/aromatic N) is 3. The lowest BCUT2D eigenvalue weighted by Gasteiger charge is -2.55. The SMILES string of the molecule is Cc1cnn(C2CCN(CC3CC4(CCC4)C3)CC2)c1. The average molecular weight is 273 g/mol. The Morgan fingerprint density at radius 2 is 2.00 bits per heavy atom. The van der Waals surface area contributed by atoms with Gasteiger partial charge in [-0.3, -0.25) is 4.68 Å². The first-order valence-corrected chi connectivity index (χ1v) is 8.46. The predicted molar refractivity (Wildman–Crippen MR) is 80.7 cm³/mol. The Morgan fingerprint density at radius 3 is 2.55 bits per heavy atom. The number of likely N-dealkylation sites (tertiary alicyclic amines) is 1. The van der Waals surface area contributed by atoms with Crippen molar-refractivity contribution < 1.29 is 0 Å². The molecule has 20 heavy (non-hydrogen) atoms. The Bertz CT molecular complexity index is 458. The van der Waals surface area contributed by atoms with E-state index in [9.17, 15) is 0 Å². The van der Waals surface area contributed by atoms with Gasteiger partial charge < -0.3 is 4.90 Å². The Balaban J connectivity index is 1.23. The van der Waals surface area contributed by atoms with Gasteiger partial charge in [-0.1, -0.05) is 6.42 Å². The number of aromatic nitrogens is 2. The minimum absolute atomic E-state index is 0.638. The lowest BCUT2D eigenvalue weighted by atomic mass is 9.52. The number of hydrogen-bond donors (Lipinski definition) is 0. The summed E-state index contributed by atoms with van der Waals surface area (Å²) in [6.07, 6.45) is 14.4. The minimum Gasteiger partial charge on any atom is -0.303 e. The van der Waals surface area contributed by atoms with Crippen LogP contribution in [0.1, 0.15) is 56.6 Å². The summed E-state index contributed by atoms with van der Waals surface area (Å²) in [5, 5.41) is 4.49. The zero-order valence-corrected chi connectivity index (χ0v) is 12.7. The molecule has 2 heterocycles. The third-order valence-electron chi connectivity index (χ3n) is 6.04. The molecule has 3 aliphatic rings. The smallest absolute Gasteiger partial charge is 0.0543 e. The van der Waals surface area contributed by atoms with E-state index in [1.807, 2.05) is 6.20 Å². The molecule has 1 aliphatic heterocycles. The van der Waals surface area contributed by atoms with Gasteiger partial charge >= 0.3 is 0 Å². The van der Waals surface area contributed by atoms with E-state index in [0.29, 0.717) is 6.04 Å². The summed E-state index contributed by atoms with van der Waals surface area (Å²) in [7, 11) is 0. The number of rotatable bonds is 3. The van der Waals surface area contributed by atoms with Crippen molar-refractivity contribution in [2.45, 2.75) is 57.9 Å². The van der Waals surface area contributed by atoms with Gasteiger partial charge in [-0.05, 0) is 62.3 Å². The average Bonchev–Trinajstić information content (AvgIpc) is 2.78. The predicted octanol–water partition coefficient (Wildman–Crippen LogP) is 3.41. The zero-order valence-electron chi connectivity index (χ0n) is 12.7. The molecule has 0 radical (unpaired) electrons. The van der Waals surface area contributed by atoms with Gasteiger partial charge in [-0.2, -0.15) is 5.10 Å². The highest BCUT2D eigenvalue weighted by Crippen LogP contribution is 2.58. The topological polar surface area (TPSA) is 21.1 Å². The highest BCUT2D eigenvalue weighted by molar-refractivity contribution is 5.02. The maximum atomic E-state index is 4.49. The van der Waals surface area contributed by atoms with Crippen molar-refractivity contribution >= 4 is 0 Å². The molecule has 0 unspecified atom stereocenters. The molecule has 1 aromatic heterocycles. The summed E-state index contributed by atoms with van der Waals surface area (Å²) >= 11 is 0. The fraction of sp³-hybridized carbons (Fsp3) is 0.824. The van der Waals surface area contributed by atoms with Crippen molar-refractivity contribution in [3.8, 4) is 0 Å². The van der Waals surface area contributed by atoms with Gasteiger partial charge in [0.15, 0.2) is 0 Å². The van der Waals surface area contributed by atoms with Crippen LogP contribution in [0.5, 0.6) is 0 Å². The van der Waals surface area contributed by atoms with Gasteiger partial charge in [0.2, 0.25) is 0 Å². The van der Waals surface area contributed by atoms with Crippen LogP contribution < -0.4 is 0 Å². The summed E-state index contributed by atoms with van der Waals surface area (Å²) in [5.41, 5.74) is 2.13. The van der Waals surface area contributed by atoms with Gasteiger partial charge in [0.1, 0.15) is 0 Å². The molecule has 3 heteroatoms. The molecule has 110 valence electrons. The van der Waals surface area contributed by atoms with Crippen LogP contribution in [0.4, 0.5) is 0 Å². The normalized spacial score (nSPS) is 27.4. The van der Waals surface area contributed by atoms with Gasteiger partial charge in [0, 0.05) is 25.8 Å². The third-order valence-corrected chi connectivity index (χ3v) is 6.04. The molecule has 1 aromatic rings. The molecule has 0 bridgehead atoms. The highest BCUT2D eigenvalue weighted by Gasteiger charge is 2.48. The van der Waals surface area contributed by atoms with E-state index in [-0.39, 0.29) is 0 Å². The molecule has 1 saturated heterocycles. The van der Waals surface area contributed by atoms with Crippen molar-refractivity contribution in [2.75, 3.05) is 19.6 Å². The van der Waals surface area contributed by atoms with Crippen molar-refractivity contribution in [2.24, 2.45) is 11.3 Å². The summed E-state index contributed by atoms with van der Waals surface area (Å²) < 4.78 is 2.19. The van der Waals surface area contributed by atoms with E-state index in [4.69, 9.17) is 0 Å². The first kappa shape index (κ1) is 12.9. The third kappa shape index (κ3) is 2.30. The van der Waals surface area contributed by atoms with E-state index < -0.39 is 0 Å². The maximum Gasteiger partial charge on any atom is 0.0543 e. The Labute approximate surface area is 122 Å². The van der Waals surface area contributed by atoms with E-state index in [1.54, 1.807) is 0 Å². The molecule has 0 aromatic carbocycles. The Morgan fingerprint density at radius 1 is 1.25 bits per heavy atom. The van der Waals surface area contributed by atoms with Crippen molar-refractivity contribution in [3.63, 3.8) is 0 Å². The molecular weight excluding hydrogens is 246 g/mol. The van der Waals surface area contributed by atoms with E-state index in [2.05, 4.69) is 27.8 Å². The summed E-state index contributed by atoms with van der Waals surface area (Å²) in [4.78, 5) is 2.71.